The van der Waals surface area contributed by atoms with E-state index in [4.69, 9.17) is 19.1 Å². The van der Waals surface area contributed by atoms with E-state index in [0.717, 1.165) is 17.1 Å². The Balaban J connectivity index is 1.74. The molecule has 0 fully saturated rings. The smallest absolute Gasteiger partial charge is 0.374 e. The number of ether oxygens (including phenoxy) is 2. The lowest BCUT2D eigenvalue weighted by Crippen LogP contribution is -1.99. The third-order valence-electron chi connectivity index (χ3n) is 3.22. The zero-order valence-electron chi connectivity index (χ0n) is 10.8. The molecular weight excluding hydrogens is 262 g/mol. The molecule has 0 bridgehead atoms. The molecule has 1 aliphatic heterocycles. The lowest BCUT2D eigenvalue weighted by atomic mass is 9.97. The van der Waals surface area contributed by atoms with Crippen LogP contribution in [0.4, 0.5) is 0 Å². The van der Waals surface area contributed by atoms with Gasteiger partial charge < -0.3 is 19.1 Å². The van der Waals surface area contributed by atoms with Gasteiger partial charge >= 0.3 is 5.97 Å². The van der Waals surface area contributed by atoms with Crippen molar-refractivity contribution in [3.8, 4) is 11.5 Å². The molecule has 1 atom stereocenters. The van der Waals surface area contributed by atoms with Crippen molar-refractivity contribution >= 4 is 5.97 Å². The molecule has 0 saturated heterocycles. The minimum Gasteiger partial charge on any atom is -0.475 e. The van der Waals surface area contributed by atoms with E-state index in [1.807, 2.05) is 25.1 Å². The van der Waals surface area contributed by atoms with Crippen LogP contribution >= 0.6 is 0 Å². The molecular formula is C14H13NO5. The molecule has 0 spiro atoms. The summed E-state index contributed by atoms with van der Waals surface area (Å²) >= 11 is 0. The summed E-state index contributed by atoms with van der Waals surface area (Å²) < 4.78 is 15.4. The third kappa shape index (κ3) is 2.32. The summed E-state index contributed by atoms with van der Waals surface area (Å²) in [5.74, 6) is 0.279. The highest BCUT2D eigenvalue weighted by molar-refractivity contribution is 5.84. The normalized spacial score (nSPS) is 14.2. The van der Waals surface area contributed by atoms with Crippen LogP contribution in [0.5, 0.6) is 11.5 Å². The van der Waals surface area contributed by atoms with Gasteiger partial charge in [-0.15, -0.1) is 0 Å². The second-order valence-electron chi connectivity index (χ2n) is 4.71. The Morgan fingerprint density at radius 3 is 2.90 bits per heavy atom. The number of aromatic carboxylic acids is 1. The molecule has 104 valence electrons. The molecule has 1 unspecified atom stereocenters. The van der Waals surface area contributed by atoms with Crippen molar-refractivity contribution < 1.29 is 23.9 Å². The Morgan fingerprint density at radius 2 is 2.15 bits per heavy atom. The predicted octanol–water partition coefficient (Wildman–Crippen LogP) is 2.45. The van der Waals surface area contributed by atoms with Gasteiger partial charge in [-0.25, -0.2) is 4.79 Å². The van der Waals surface area contributed by atoms with Crippen molar-refractivity contribution in [3.05, 3.63) is 41.3 Å². The molecule has 0 amide bonds. The van der Waals surface area contributed by atoms with Gasteiger partial charge in [0.1, 0.15) is 0 Å². The first-order chi connectivity index (χ1) is 9.63. The minimum absolute atomic E-state index is 0.0484. The largest absolute Gasteiger partial charge is 0.475 e. The third-order valence-corrected chi connectivity index (χ3v) is 3.22. The molecule has 6 heteroatoms. The van der Waals surface area contributed by atoms with Crippen molar-refractivity contribution in [3.63, 3.8) is 0 Å². The van der Waals surface area contributed by atoms with E-state index in [9.17, 15) is 4.79 Å². The summed E-state index contributed by atoms with van der Waals surface area (Å²) in [4.78, 5) is 10.8. The fraction of sp³-hybridized carbons (Fsp3) is 0.286. The Bertz CT molecular complexity index is 649. The molecule has 1 aromatic heterocycles. The SMILES string of the molecule is CC(Cc1ccc2c(c1)OCO2)c1cc(C(=O)O)on1. The highest BCUT2D eigenvalue weighted by Crippen LogP contribution is 2.33. The Hall–Kier alpha value is -2.50. The van der Waals surface area contributed by atoms with Gasteiger partial charge in [0.2, 0.25) is 12.6 Å². The Kier molecular flexibility index (Phi) is 3.06. The molecule has 0 saturated carbocycles. The predicted molar refractivity (Wildman–Crippen MR) is 68.1 cm³/mol. The second kappa shape index (κ2) is 4.88. The van der Waals surface area contributed by atoms with Crippen LogP contribution in [0.1, 0.15) is 34.7 Å². The van der Waals surface area contributed by atoms with Gasteiger partial charge in [0.15, 0.2) is 11.5 Å². The van der Waals surface area contributed by atoms with Gasteiger partial charge in [-0.3, -0.25) is 0 Å². The number of fused-ring (bicyclic) bond motifs is 1. The van der Waals surface area contributed by atoms with Crippen LogP contribution in [0.15, 0.2) is 28.8 Å². The Morgan fingerprint density at radius 1 is 1.35 bits per heavy atom. The van der Waals surface area contributed by atoms with E-state index in [1.54, 1.807) is 0 Å². The zero-order chi connectivity index (χ0) is 14.1. The average Bonchev–Trinajstić information content (AvgIpc) is 3.07. The summed E-state index contributed by atoms with van der Waals surface area (Å²) in [7, 11) is 0. The quantitative estimate of drug-likeness (QED) is 0.922. The number of nitrogens with zero attached hydrogens (tertiary/aromatic N) is 1. The van der Waals surface area contributed by atoms with Crippen LogP contribution < -0.4 is 9.47 Å². The number of carbonyl (C=O) groups is 1. The van der Waals surface area contributed by atoms with Crippen molar-refractivity contribution in [2.75, 3.05) is 6.79 Å². The van der Waals surface area contributed by atoms with Crippen LogP contribution in [-0.4, -0.2) is 23.0 Å². The van der Waals surface area contributed by atoms with Crippen molar-refractivity contribution in [1.82, 2.24) is 5.16 Å². The van der Waals surface area contributed by atoms with Crippen LogP contribution in [-0.2, 0) is 6.42 Å². The van der Waals surface area contributed by atoms with E-state index in [2.05, 4.69) is 5.16 Å². The summed E-state index contributed by atoms with van der Waals surface area (Å²) in [5.41, 5.74) is 1.70. The number of aromatic nitrogens is 1. The monoisotopic (exact) mass is 275 g/mol. The molecule has 0 radical (unpaired) electrons. The summed E-state index contributed by atoms with van der Waals surface area (Å²) in [6.45, 7) is 2.22. The fourth-order valence-corrected chi connectivity index (χ4v) is 2.15. The molecule has 0 aliphatic carbocycles. The summed E-state index contributed by atoms with van der Waals surface area (Å²) in [5, 5.41) is 12.6. The number of hydrogen-bond acceptors (Lipinski definition) is 5. The summed E-state index contributed by atoms with van der Waals surface area (Å²) in [6, 6.07) is 7.22. The lowest BCUT2D eigenvalue weighted by Gasteiger charge is -2.08. The van der Waals surface area contributed by atoms with Crippen LogP contribution in [0.25, 0.3) is 0 Å². The number of carboxylic acids is 1. The van der Waals surface area contributed by atoms with Crippen molar-refractivity contribution in [2.24, 2.45) is 0 Å². The van der Waals surface area contributed by atoms with Gasteiger partial charge in [0.05, 0.1) is 5.69 Å². The van der Waals surface area contributed by atoms with Crippen LogP contribution in [0, 0.1) is 0 Å². The van der Waals surface area contributed by atoms with E-state index >= 15 is 0 Å². The van der Waals surface area contributed by atoms with Crippen LogP contribution in [0.2, 0.25) is 0 Å². The highest BCUT2D eigenvalue weighted by Gasteiger charge is 2.18. The maximum Gasteiger partial charge on any atom is 0.374 e. The fourth-order valence-electron chi connectivity index (χ4n) is 2.15. The molecule has 2 heterocycles. The highest BCUT2D eigenvalue weighted by atomic mass is 16.7. The Labute approximate surface area is 114 Å². The van der Waals surface area contributed by atoms with E-state index in [0.29, 0.717) is 12.1 Å². The number of benzene rings is 1. The molecule has 6 nitrogen and oxygen atoms in total. The maximum absolute atomic E-state index is 10.8. The first-order valence-corrected chi connectivity index (χ1v) is 6.22. The molecule has 1 aliphatic rings. The first-order valence-electron chi connectivity index (χ1n) is 6.22. The number of carboxylic acid groups (broad SMARTS) is 1. The van der Waals surface area contributed by atoms with Gasteiger partial charge in [-0.2, -0.15) is 0 Å². The first kappa shape index (κ1) is 12.5. The molecule has 1 aromatic carbocycles. The van der Waals surface area contributed by atoms with E-state index < -0.39 is 5.97 Å². The van der Waals surface area contributed by atoms with Gasteiger partial charge in [0.25, 0.3) is 0 Å². The number of rotatable bonds is 4. The van der Waals surface area contributed by atoms with Gasteiger partial charge in [-0.1, -0.05) is 18.1 Å². The topological polar surface area (TPSA) is 81.8 Å². The van der Waals surface area contributed by atoms with Crippen molar-refractivity contribution in [1.29, 1.82) is 0 Å². The standard InChI is InChI=1S/C14H13NO5/c1-8(10-6-13(14(16)17)20-15-10)4-9-2-3-11-12(5-9)19-7-18-11/h2-3,5-6,8H,4,7H2,1H3,(H,16,17). The summed E-state index contributed by atoms with van der Waals surface area (Å²) in [6.07, 6.45) is 0.711. The van der Waals surface area contributed by atoms with Crippen LogP contribution in [0.3, 0.4) is 0 Å². The molecule has 1 N–H and O–H groups in total. The molecule has 20 heavy (non-hydrogen) atoms. The van der Waals surface area contributed by atoms with E-state index in [1.165, 1.54) is 6.07 Å². The average molecular weight is 275 g/mol. The van der Waals surface area contributed by atoms with Gasteiger partial charge in [0, 0.05) is 12.0 Å². The minimum atomic E-state index is -1.11. The van der Waals surface area contributed by atoms with E-state index in [-0.39, 0.29) is 18.5 Å². The van der Waals surface area contributed by atoms with Crippen molar-refractivity contribution in [2.45, 2.75) is 19.3 Å². The number of hydrogen-bond donors (Lipinski definition) is 1. The maximum atomic E-state index is 10.8. The molecule has 2 aromatic rings. The zero-order valence-corrected chi connectivity index (χ0v) is 10.8. The second-order valence-corrected chi connectivity index (χ2v) is 4.71. The lowest BCUT2D eigenvalue weighted by molar-refractivity contribution is 0.0652. The van der Waals surface area contributed by atoms with Gasteiger partial charge in [-0.05, 0) is 24.1 Å². The molecule has 3 rings (SSSR count).